The van der Waals surface area contributed by atoms with Crippen molar-refractivity contribution in [1.82, 2.24) is 4.72 Å². The molecule has 0 spiro atoms. The van der Waals surface area contributed by atoms with Crippen LogP contribution in [0, 0.1) is 0 Å². The third-order valence-corrected chi connectivity index (χ3v) is 6.60. The van der Waals surface area contributed by atoms with Crippen molar-refractivity contribution >= 4 is 43.3 Å². The van der Waals surface area contributed by atoms with Gasteiger partial charge < -0.3 is 10.5 Å². The Bertz CT molecular complexity index is 586. The van der Waals surface area contributed by atoms with E-state index in [1.54, 1.807) is 0 Å². The molecule has 0 amide bonds. The molecule has 1 unspecified atom stereocenters. The second-order valence-electron chi connectivity index (χ2n) is 4.44. The topological polar surface area (TPSA) is 98.5 Å². The highest BCUT2D eigenvalue weighted by atomic mass is 79.9. The van der Waals surface area contributed by atoms with E-state index in [-0.39, 0.29) is 22.4 Å². The first-order chi connectivity index (χ1) is 9.85. The van der Waals surface area contributed by atoms with E-state index in [1.165, 1.54) is 13.2 Å². The number of esters is 1. The lowest BCUT2D eigenvalue weighted by molar-refractivity contribution is 0.0606. The number of nitrogens with two attached hydrogens (primary N) is 1. The van der Waals surface area contributed by atoms with Crippen molar-refractivity contribution in [2.24, 2.45) is 5.73 Å². The Labute approximate surface area is 137 Å². The van der Waals surface area contributed by atoms with E-state index in [1.807, 2.05) is 6.92 Å². The van der Waals surface area contributed by atoms with E-state index in [4.69, 9.17) is 5.73 Å². The molecule has 1 rings (SSSR count). The molecule has 1 aromatic heterocycles. The van der Waals surface area contributed by atoms with Crippen molar-refractivity contribution in [3.63, 3.8) is 0 Å². The molecule has 0 saturated heterocycles. The second kappa shape index (κ2) is 8.23. The van der Waals surface area contributed by atoms with Gasteiger partial charge in [-0.15, -0.1) is 11.3 Å². The van der Waals surface area contributed by atoms with E-state index in [0.29, 0.717) is 10.2 Å². The van der Waals surface area contributed by atoms with Gasteiger partial charge in [0, 0.05) is 12.6 Å². The van der Waals surface area contributed by atoms with Gasteiger partial charge in [-0.2, -0.15) is 0 Å². The molecular weight excluding hydrogens is 380 g/mol. The summed E-state index contributed by atoms with van der Waals surface area (Å²) in [6.45, 7) is 2.25. The molecule has 1 atom stereocenters. The van der Waals surface area contributed by atoms with Gasteiger partial charge in [0.15, 0.2) is 0 Å². The van der Waals surface area contributed by atoms with Gasteiger partial charge in [0.05, 0.1) is 10.9 Å². The van der Waals surface area contributed by atoms with Gasteiger partial charge in [-0.1, -0.05) is 19.8 Å². The van der Waals surface area contributed by atoms with Gasteiger partial charge in [0.25, 0.3) is 0 Å². The second-order valence-corrected chi connectivity index (χ2v) is 8.49. The number of hydrogen-bond donors (Lipinski definition) is 2. The molecule has 3 N–H and O–H groups in total. The highest BCUT2D eigenvalue weighted by Gasteiger charge is 2.25. The van der Waals surface area contributed by atoms with E-state index in [0.717, 1.165) is 24.2 Å². The van der Waals surface area contributed by atoms with Crippen LogP contribution in [0.3, 0.4) is 0 Å². The number of rotatable bonds is 8. The maximum atomic E-state index is 12.4. The highest BCUT2D eigenvalue weighted by molar-refractivity contribution is 9.11. The average Bonchev–Trinajstić information content (AvgIpc) is 2.85. The third kappa shape index (κ3) is 5.03. The Morgan fingerprint density at radius 3 is 2.76 bits per heavy atom. The van der Waals surface area contributed by atoms with Crippen molar-refractivity contribution in [3.8, 4) is 0 Å². The minimum atomic E-state index is -3.73. The Morgan fingerprint density at radius 2 is 2.24 bits per heavy atom. The number of thiophene rings is 1. The van der Waals surface area contributed by atoms with Crippen LogP contribution >= 0.6 is 27.3 Å². The summed E-state index contributed by atoms with van der Waals surface area (Å²) in [6.07, 6.45) is 2.54. The molecule has 0 bridgehead atoms. The van der Waals surface area contributed by atoms with Crippen LogP contribution in [0.5, 0.6) is 0 Å². The molecule has 6 nitrogen and oxygen atoms in total. The monoisotopic (exact) mass is 398 g/mol. The number of nitrogens with one attached hydrogen (secondary N) is 1. The fourth-order valence-electron chi connectivity index (χ4n) is 1.69. The molecule has 120 valence electrons. The molecule has 0 saturated carbocycles. The first-order valence-electron chi connectivity index (χ1n) is 6.45. The van der Waals surface area contributed by atoms with Crippen molar-refractivity contribution in [2.45, 2.75) is 37.1 Å². The first-order valence-corrected chi connectivity index (χ1v) is 9.55. The molecule has 1 heterocycles. The van der Waals surface area contributed by atoms with E-state index >= 15 is 0 Å². The molecule has 0 aliphatic carbocycles. The summed E-state index contributed by atoms with van der Waals surface area (Å²) in [5.74, 6) is -0.566. The lowest BCUT2D eigenvalue weighted by Crippen LogP contribution is -2.40. The van der Waals surface area contributed by atoms with Gasteiger partial charge in [0.2, 0.25) is 10.0 Å². The van der Waals surface area contributed by atoms with Crippen LogP contribution in [-0.2, 0) is 14.8 Å². The average molecular weight is 399 g/mol. The van der Waals surface area contributed by atoms with E-state index < -0.39 is 16.0 Å². The zero-order chi connectivity index (χ0) is 16.0. The Balaban J connectivity index is 2.96. The minimum Gasteiger partial charge on any atom is -0.465 e. The van der Waals surface area contributed by atoms with Crippen LogP contribution < -0.4 is 10.5 Å². The van der Waals surface area contributed by atoms with Crippen molar-refractivity contribution in [3.05, 3.63) is 14.7 Å². The molecule has 0 radical (unpaired) electrons. The van der Waals surface area contributed by atoms with Gasteiger partial charge in [-0.25, -0.2) is 17.9 Å². The number of unbranched alkanes of at least 4 members (excludes halogenated alkanes) is 1. The maximum Gasteiger partial charge on any atom is 0.348 e. The van der Waals surface area contributed by atoms with E-state index in [9.17, 15) is 13.2 Å². The molecule has 0 fully saturated rings. The Morgan fingerprint density at radius 1 is 1.57 bits per heavy atom. The third-order valence-electron chi connectivity index (χ3n) is 2.84. The molecule has 1 aromatic rings. The van der Waals surface area contributed by atoms with Crippen molar-refractivity contribution < 1.29 is 17.9 Å². The number of hydrogen-bond acceptors (Lipinski definition) is 6. The van der Waals surface area contributed by atoms with Crippen LogP contribution in [0.4, 0.5) is 0 Å². The summed E-state index contributed by atoms with van der Waals surface area (Å²) in [5.41, 5.74) is 5.60. The van der Waals surface area contributed by atoms with Crippen LogP contribution in [0.2, 0.25) is 0 Å². The van der Waals surface area contributed by atoms with Gasteiger partial charge >= 0.3 is 5.97 Å². The van der Waals surface area contributed by atoms with Crippen LogP contribution in [0.25, 0.3) is 0 Å². The largest absolute Gasteiger partial charge is 0.465 e. The van der Waals surface area contributed by atoms with Gasteiger partial charge in [0.1, 0.15) is 9.77 Å². The molecule has 21 heavy (non-hydrogen) atoms. The molecule has 0 aromatic carbocycles. The zero-order valence-corrected chi connectivity index (χ0v) is 15.1. The number of sulfonamides is 1. The molecule has 0 aliphatic rings. The highest BCUT2D eigenvalue weighted by Crippen LogP contribution is 2.32. The summed E-state index contributed by atoms with van der Waals surface area (Å²) in [4.78, 5) is 11.7. The summed E-state index contributed by atoms with van der Waals surface area (Å²) < 4.78 is 32.3. The van der Waals surface area contributed by atoms with Gasteiger partial charge in [-0.3, -0.25) is 0 Å². The van der Waals surface area contributed by atoms with Crippen LogP contribution in [-0.4, -0.2) is 34.1 Å². The number of halogens is 1. The predicted octanol–water partition coefficient (Wildman–Crippen LogP) is 2.09. The Kier molecular flexibility index (Phi) is 7.28. The van der Waals surface area contributed by atoms with Crippen LogP contribution in [0.1, 0.15) is 35.9 Å². The molecule has 0 aliphatic heterocycles. The summed E-state index contributed by atoms with van der Waals surface area (Å²) in [6, 6.07) is 0.986. The Hall–Kier alpha value is -0.480. The normalized spacial score (nSPS) is 13.1. The maximum absolute atomic E-state index is 12.4. The standard InChI is InChI=1S/C12H19BrN2O4S2/c1-3-4-5-8(7-14)15-21(17,18)10-6-9(12(16)19-2)20-11(10)13/h6,8,15H,3-5,7,14H2,1-2H3. The molecule has 9 heteroatoms. The quantitative estimate of drug-likeness (QED) is 0.653. The number of methoxy groups -OCH3 is 1. The SMILES string of the molecule is CCCCC(CN)NS(=O)(=O)c1cc(C(=O)OC)sc1Br. The predicted molar refractivity (Wildman–Crippen MR) is 86.0 cm³/mol. The van der Waals surface area contributed by atoms with Crippen LogP contribution in [0.15, 0.2) is 14.7 Å². The number of carbonyl (C=O) groups excluding carboxylic acids is 1. The summed E-state index contributed by atoms with van der Waals surface area (Å²) in [5, 5.41) is 0. The first kappa shape index (κ1) is 18.6. The van der Waals surface area contributed by atoms with Crippen molar-refractivity contribution in [2.75, 3.05) is 13.7 Å². The number of carbonyl (C=O) groups is 1. The number of ether oxygens (including phenoxy) is 1. The summed E-state index contributed by atoms with van der Waals surface area (Å²) >= 11 is 4.19. The lowest BCUT2D eigenvalue weighted by atomic mass is 10.1. The minimum absolute atomic E-state index is 0.0304. The summed E-state index contributed by atoms with van der Waals surface area (Å²) in [7, 11) is -2.48. The van der Waals surface area contributed by atoms with Gasteiger partial charge in [-0.05, 0) is 28.4 Å². The lowest BCUT2D eigenvalue weighted by Gasteiger charge is -2.16. The van der Waals surface area contributed by atoms with E-state index in [2.05, 4.69) is 25.4 Å². The molecular formula is C12H19BrN2O4S2. The zero-order valence-electron chi connectivity index (χ0n) is 11.9. The fraction of sp³-hybridized carbons (Fsp3) is 0.583. The van der Waals surface area contributed by atoms with Crippen molar-refractivity contribution in [1.29, 1.82) is 0 Å². The fourth-order valence-corrected chi connectivity index (χ4v) is 5.46. The smallest absolute Gasteiger partial charge is 0.348 e.